The van der Waals surface area contributed by atoms with E-state index in [-0.39, 0.29) is 5.91 Å². The molecule has 1 aliphatic rings. The Bertz CT molecular complexity index is 418. The molecule has 0 N–H and O–H groups in total. The van der Waals surface area contributed by atoms with Crippen LogP contribution >= 0.6 is 0 Å². The van der Waals surface area contributed by atoms with E-state index in [0.29, 0.717) is 13.2 Å². The van der Waals surface area contributed by atoms with Gasteiger partial charge in [0.05, 0.1) is 13.7 Å². The second kappa shape index (κ2) is 4.97. The molecule has 0 aliphatic carbocycles. The van der Waals surface area contributed by atoms with Gasteiger partial charge in [0, 0.05) is 12.2 Å². The number of carbonyl (C=O) groups is 2. The van der Waals surface area contributed by atoms with Crippen LogP contribution in [0.2, 0.25) is 0 Å². The van der Waals surface area contributed by atoms with E-state index in [1.807, 2.05) is 30.3 Å². The molecule has 1 aliphatic heterocycles. The lowest BCUT2D eigenvalue weighted by Gasteiger charge is -2.30. The summed E-state index contributed by atoms with van der Waals surface area (Å²) in [6.07, 6.45) is -1.14. The lowest BCUT2D eigenvalue weighted by molar-refractivity contribution is -0.161. The number of morpholine rings is 1. The number of benzene rings is 1. The summed E-state index contributed by atoms with van der Waals surface area (Å²) in [5.41, 5.74) is 0.759. The van der Waals surface area contributed by atoms with Crippen molar-refractivity contribution < 1.29 is 19.1 Å². The lowest BCUT2D eigenvalue weighted by Crippen LogP contribution is -2.51. The lowest BCUT2D eigenvalue weighted by atomic mass is 10.2. The number of methoxy groups -OCH3 is 1. The third-order valence-corrected chi connectivity index (χ3v) is 2.57. The van der Waals surface area contributed by atoms with Gasteiger partial charge in [0.15, 0.2) is 0 Å². The predicted octanol–water partition coefficient (Wildman–Crippen LogP) is 0.591. The van der Waals surface area contributed by atoms with Gasteiger partial charge in [-0.15, -0.1) is 0 Å². The fourth-order valence-electron chi connectivity index (χ4n) is 1.73. The van der Waals surface area contributed by atoms with E-state index >= 15 is 0 Å². The SMILES string of the molecule is COC(=O)C1OCCN(c2ccccc2)C1=O. The zero-order valence-electron chi connectivity index (χ0n) is 9.46. The molecule has 90 valence electrons. The van der Waals surface area contributed by atoms with Crippen molar-refractivity contribution in [2.45, 2.75) is 6.10 Å². The molecule has 1 aromatic rings. The highest BCUT2D eigenvalue weighted by atomic mass is 16.6. The van der Waals surface area contributed by atoms with E-state index in [1.54, 1.807) is 0 Å². The molecule has 0 spiro atoms. The summed E-state index contributed by atoms with van der Waals surface area (Å²) in [6.45, 7) is 0.761. The maximum Gasteiger partial charge on any atom is 0.344 e. The summed E-state index contributed by atoms with van der Waals surface area (Å²) in [4.78, 5) is 24.9. The molecule has 2 rings (SSSR count). The Morgan fingerprint density at radius 1 is 1.41 bits per heavy atom. The number of esters is 1. The summed E-state index contributed by atoms with van der Waals surface area (Å²) < 4.78 is 9.66. The van der Waals surface area contributed by atoms with Crippen LogP contribution < -0.4 is 4.90 Å². The molecule has 1 atom stereocenters. The molecule has 0 radical (unpaired) electrons. The van der Waals surface area contributed by atoms with Crippen molar-refractivity contribution in [1.29, 1.82) is 0 Å². The van der Waals surface area contributed by atoms with E-state index in [4.69, 9.17) is 4.74 Å². The van der Waals surface area contributed by atoms with Gasteiger partial charge < -0.3 is 14.4 Å². The van der Waals surface area contributed by atoms with Gasteiger partial charge in [-0.3, -0.25) is 4.79 Å². The van der Waals surface area contributed by atoms with Gasteiger partial charge in [-0.25, -0.2) is 4.79 Å². The number of anilines is 1. The molecule has 1 unspecified atom stereocenters. The van der Waals surface area contributed by atoms with Crippen LogP contribution in [0.15, 0.2) is 30.3 Å². The van der Waals surface area contributed by atoms with E-state index in [9.17, 15) is 9.59 Å². The van der Waals surface area contributed by atoms with E-state index in [2.05, 4.69) is 4.74 Å². The standard InChI is InChI=1S/C12H13NO4/c1-16-12(15)10-11(14)13(7-8-17-10)9-5-3-2-4-6-9/h2-6,10H,7-8H2,1H3. The molecule has 1 fully saturated rings. The van der Waals surface area contributed by atoms with Crippen molar-refractivity contribution in [1.82, 2.24) is 0 Å². The number of amides is 1. The summed E-state index contributed by atoms with van der Waals surface area (Å²) in [6, 6.07) is 9.18. The number of carbonyl (C=O) groups excluding carboxylic acids is 2. The van der Waals surface area contributed by atoms with Gasteiger partial charge in [-0.1, -0.05) is 18.2 Å². The van der Waals surface area contributed by atoms with Gasteiger partial charge in [-0.05, 0) is 12.1 Å². The van der Waals surface area contributed by atoms with Crippen LogP contribution in [0.5, 0.6) is 0 Å². The Hall–Kier alpha value is -1.88. The molecule has 5 nitrogen and oxygen atoms in total. The third kappa shape index (κ3) is 2.29. The first-order chi connectivity index (χ1) is 8.24. The highest BCUT2D eigenvalue weighted by Gasteiger charge is 2.36. The van der Waals surface area contributed by atoms with Crippen LogP contribution in [0.4, 0.5) is 5.69 Å². The second-order valence-corrected chi connectivity index (χ2v) is 3.60. The van der Waals surface area contributed by atoms with Gasteiger partial charge in [0.1, 0.15) is 0 Å². The van der Waals surface area contributed by atoms with Gasteiger partial charge in [0.2, 0.25) is 6.10 Å². The monoisotopic (exact) mass is 235 g/mol. The Kier molecular flexibility index (Phi) is 3.39. The molecule has 17 heavy (non-hydrogen) atoms. The molecule has 1 aromatic carbocycles. The van der Waals surface area contributed by atoms with E-state index < -0.39 is 12.1 Å². The average Bonchev–Trinajstić information content (AvgIpc) is 2.39. The number of nitrogens with zero attached hydrogens (tertiary/aromatic N) is 1. The molecule has 1 saturated heterocycles. The van der Waals surface area contributed by atoms with Crippen LogP contribution in [0.3, 0.4) is 0 Å². The molecule has 5 heteroatoms. The quantitative estimate of drug-likeness (QED) is 0.556. The van der Waals surface area contributed by atoms with Crippen LogP contribution in [0.1, 0.15) is 0 Å². The molecule has 0 aromatic heterocycles. The van der Waals surface area contributed by atoms with E-state index in [1.165, 1.54) is 12.0 Å². The highest BCUT2D eigenvalue weighted by Crippen LogP contribution is 2.18. The third-order valence-electron chi connectivity index (χ3n) is 2.57. The van der Waals surface area contributed by atoms with Crippen LogP contribution in [-0.2, 0) is 19.1 Å². The highest BCUT2D eigenvalue weighted by molar-refractivity contribution is 6.09. The topological polar surface area (TPSA) is 55.8 Å². The van der Waals surface area contributed by atoms with Gasteiger partial charge in [0.25, 0.3) is 5.91 Å². The molecule has 0 bridgehead atoms. The fraction of sp³-hybridized carbons (Fsp3) is 0.333. The predicted molar refractivity (Wildman–Crippen MR) is 60.6 cm³/mol. The molecular weight excluding hydrogens is 222 g/mol. The largest absolute Gasteiger partial charge is 0.467 e. The minimum absolute atomic E-state index is 0.320. The Labute approximate surface area is 98.9 Å². The van der Waals surface area contributed by atoms with Crippen molar-refractivity contribution in [3.63, 3.8) is 0 Å². The summed E-state index contributed by atoms with van der Waals surface area (Å²) in [7, 11) is 1.24. The Balaban J connectivity index is 2.20. The zero-order valence-corrected chi connectivity index (χ0v) is 9.46. The van der Waals surface area contributed by atoms with Crippen molar-refractivity contribution in [2.24, 2.45) is 0 Å². The first-order valence-corrected chi connectivity index (χ1v) is 5.30. The first kappa shape index (κ1) is 11.6. The fourth-order valence-corrected chi connectivity index (χ4v) is 1.73. The Morgan fingerprint density at radius 2 is 2.12 bits per heavy atom. The maximum absolute atomic E-state index is 12.0. The number of para-hydroxylation sites is 1. The first-order valence-electron chi connectivity index (χ1n) is 5.30. The molecule has 0 saturated carbocycles. The molecule has 1 heterocycles. The van der Waals surface area contributed by atoms with Crippen molar-refractivity contribution in [3.05, 3.63) is 30.3 Å². The second-order valence-electron chi connectivity index (χ2n) is 3.60. The van der Waals surface area contributed by atoms with Crippen LogP contribution in [0, 0.1) is 0 Å². The number of hydrogen-bond acceptors (Lipinski definition) is 4. The zero-order chi connectivity index (χ0) is 12.3. The summed E-state index contributed by atoms with van der Waals surface area (Å²) in [5, 5.41) is 0. The molecular formula is C12H13NO4. The van der Waals surface area contributed by atoms with E-state index in [0.717, 1.165) is 5.69 Å². The van der Waals surface area contributed by atoms with Crippen molar-refractivity contribution in [3.8, 4) is 0 Å². The molecule has 1 amide bonds. The maximum atomic E-state index is 12.0. The smallest absolute Gasteiger partial charge is 0.344 e. The number of rotatable bonds is 2. The van der Waals surface area contributed by atoms with Crippen LogP contribution in [0.25, 0.3) is 0 Å². The summed E-state index contributed by atoms with van der Waals surface area (Å²) >= 11 is 0. The minimum atomic E-state index is -1.14. The van der Waals surface area contributed by atoms with Crippen molar-refractivity contribution >= 4 is 17.6 Å². The summed E-state index contributed by atoms with van der Waals surface area (Å²) in [5.74, 6) is -1.04. The van der Waals surface area contributed by atoms with Gasteiger partial charge in [-0.2, -0.15) is 0 Å². The van der Waals surface area contributed by atoms with Gasteiger partial charge >= 0.3 is 5.97 Å². The normalized spacial score (nSPS) is 20.2. The number of ether oxygens (including phenoxy) is 2. The van der Waals surface area contributed by atoms with Crippen molar-refractivity contribution in [2.75, 3.05) is 25.2 Å². The van der Waals surface area contributed by atoms with Crippen LogP contribution in [-0.4, -0.2) is 38.2 Å². The minimum Gasteiger partial charge on any atom is -0.467 e. The average molecular weight is 235 g/mol. The Morgan fingerprint density at radius 3 is 2.76 bits per heavy atom. The number of hydrogen-bond donors (Lipinski definition) is 0.